The van der Waals surface area contributed by atoms with Crippen molar-refractivity contribution in [3.63, 3.8) is 0 Å². The van der Waals surface area contributed by atoms with Crippen molar-refractivity contribution >= 4 is 6.03 Å². The molecule has 0 saturated carbocycles. The zero-order chi connectivity index (χ0) is 13.6. The van der Waals surface area contributed by atoms with E-state index in [0.29, 0.717) is 26.1 Å². The molecule has 1 saturated heterocycles. The van der Waals surface area contributed by atoms with Crippen LogP contribution in [-0.4, -0.2) is 42.8 Å². The zero-order valence-corrected chi connectivity index (χ0v) is 10.3. The van der Waals surface area contributed by atoms with E-state index in [0.717, 1.165) is 12.8 Å². The molecule has 3 N–H and O–H groups in total. The third-order valence-electron chi connectivity index (χ3n) is 3.13. The first-order valence-electron chi connectivity index (χ1n) is 6.23. The topological polar surface area (TPSA) is 58.4 Å². The Morgan fingerprint density at radius 1 is 1.28 bits per heavy atom. The van der Waals surface area contributed by atoms with Crippen LogP contribution in [-0.2, 0) is 0 Å². The van der Waals surface area contributed by atoms with Crippen molar-refractivity contribution in [2.75, 3.05) is 19.6 Å². The lowest BCUT2D eigenvalue weighted by Crippen LogP contribution is -2.46. The average molecular weight is 267 g/mol. The van der Waals surface area contributed by atoms with Gasteiger partial charge in [0.25, 0.3) is 0 Å². The van der Waals surface area contributed by atoms with E-state index in [4.69, 9.17) is 5.73 Å². The van der Waals surface area contributed by atoms with Crippen LogP contribution in [0.15, 0.2) is 0 Å². The number of primary amides is 1. The van der Waals surface area contributed by atoms with E-state index in [1.54, 1.807) is 4.90 Å². The van der Waals surface area contributed by atoms with Gasteiger partial charge >= 0.3 is 12.2 Å². The van der Waals surface area contributed by atoms with Gasteiger partial charge in [-0.1, -0.05) is 0 Å². The van der Waals surface area contributed by atoms with Crippen LogP contribution in [0.3, 0.4) is 0 Å². The van der Waals surface area contributed by atoms with Crippen molar-refractivity contribution in [2.45, 2.75) is 44.3 Å². The molecule has 0 aromatic carbocycles. The van der Waals surface area contributed by atoms with Gasteiger partial charge in [-0.3, -0.25) is 0 Å². The summed E-state index contributed by atoms with van der Waals surface area (Å²) in [6.45, 7) is 1.84. The molecule has 0 spiro atoms. The summed E-state index contributed by atoms with van der Waals surface area (Å²) >= 11 is 0. The average Bonchev–Trinajstić information content (AvgIpc) is 2.27. The third-order valence-corrected chi connectivity index (χ3v) is 3.13. The molecule has 0 radical (unpaired) electrons. The lowest BCUT2D eigenvalue weighted by Gasteiger charge is -2.31. The van der Waals surface area contributed by atoms with Crippen LogP contribution in [0.1, 0.15) is 32.1 Å². The van der Waals surface area contributed by atoms with E-state index in [1.807, 2.05) is 0 Å². The number of rotatable bonds is 5. The van der Waals surface area contributed by atoms with Crippen molar-refractivity contribution < 1.29 is 18.0 Å². The van der Waals surface area contributed by atoms with Crippen molar-refractivity contribution in [1.82, 2.24) is 10.2 Å². The minimum Gasteiger partial charge on any atom is -0.351 e. The highest BCUT2D eigenvalue weighted by atomic mass is 19.4. The Bertz CT molecular complexity index is 263. The number of amides is 2. The molecule has 1 aliphatic rings. The Balaban J connectivity index is 2.03. The monoisotopic (exact) mass is 267 g/mol. The summed E-state index contributed by atoms with van der Waals surface area (Å²) in [5.41, 5.74) is 5.15. The van der Waals surface area contributed by atoms with Gasteiger partial charge in [-0.2, -0.15) is 13.2 Å². The molecule has 1 rings (SSSR count). The van der Waals surface area contributed by atoms with Crippen molar-refractivity contribution in [3.05, 3.63) is 0 Å². The van der Waals surface area contributed by atoms with Gasteiger partial charge in [0.15, 0.2) is 0 Å². The summed E-state index contributed by atoms with van der Waals surface area (Å²) in [6.07, 6.45) is -2.46. The van der Waals surface area contributed by atoms with E-state index < -0.39 is 18.6 Å². The molecule has 2 amide bonds. The number of nitrogens with two attached hydrogens (primary N) is 1. The number of hydrogen-bond donors (Lipinski definition) is 2. The molecule has 0 bridgehead atoms. The minimum absolute atomic E-state index is 0.163. The van der Waals surface area contributed by atoms with Crippen LogP contribution in [0, 0.1) is 0 Å². The maximum Gasteiger partial charge on any atom is 0.389 e. The lowest BCUT2D eigenvalue weighted by molar-refractivity contribution is -0.135. The molecule has 1 fully saturated rings. The molecular weight excluding hydrogens is 247 g/mol. The fraction of sp³-hybridized carbons (Fsp3) is 0.909. The Labute approximate surface area is 105 Å². The number of unbranched alkanes of at least 4 members (excludes halogenated alkanes) is 1. The van der Waals surface area contributed by atoms with Crippen LogP contribution in [0.4, 0.5) is 18.0 Å². The number of nitrogens with zero attached hydrogens (tertiary/aromatic N) is 1. The fourth-order valence-electron chi connectivity index (χ4n) is 2.06. The molecular formula is C11H20F3N3O. The Kier molecular flexibility index (Phi) is 5.71. The highest BCUT2D eigenvalue weighted by Crippen LogP contribution is 2.22. The molecule has 106 valence electrons. The second-order valence-electron chi connectivity index (χ2n) is 4.63. The molecule has 18 heavy (non-hydrogen) atoms. The normalized spacial score (nSPS) is 18.1. The Morgan fingerprint density at radius 3 is 2.39 bits per heavy atom. The van der Waals surface area contributed by atoms with Crippen molar-refractivity contribution in [3.8, 4) is 0 Å². The first-order valence-corrected chi connectivity index (χ1v) is 6.23. The quantitative estimate of drug-likeness (QED) is 0.747. The summed E-state index contributed by atoms with van der Waals surface area (Å²) in [4.78, 5) is 12.5. The lowest BCUT2D eigenvalue weighted by atomic mass is 10.1. The van der Waals surface area contributed by atoms with E-state index in [2.05, 4.69) is 5.32 Å². The number of carbonyl (C=O) groups is 1. The van der Waals surface area contributed by atoms with E-state index in [9.17, 15) is 18.0 Å². The van der Waals surface area contributed by atoms with Gasteiger partial charge in [0.1, 0.15) is 0 Å². The SMILES string of the molecule is NC(=O)N1CCC(NCCCCC(F)(F)F)CC1. The molecule has 1 aliphatic heterocycles. The van der Waals surface area contributed by atoms with Crippen LogP contribution in [0.5, 0.6) is 0 Å². The molecule has 0 aromatic heterocycles. The maximum atomic E-state index is 11.9. The van der Waals surface area contributed by atoms with Crippen LogP contribution in [0.25, 0.3) is 0 Å². The third kappa shape index (κ3) is 6.09. The Hall–Kier alpha value is -0.980. The summed E-state index contributed by atoms with van der Waals surface area (Å²) in [7, 11) is 0. The first-order chi connectivity index (χ1) is 8.38. The maximum absolute atomic E-state index is 11.9. The van der Waals surface area contributed by atoms with Crippen molar-refractivity contribution in [2.24, 2.45) is 5.73 Å². The second kappa shape index (κ2) is 6.82. The summed E-state index contributed by atoms with van der Waals surface area (Å²) in [6, 6.07) is -0.120. The molecule has 0 atom stereocenters. The zero-order valence-electron chi connectivity index (χ0n) is 10.3. The molecule has 7 heteroatoms. The number of urea groups is 1. The predicted molar refractivity (Wildman–Crippen MR) is 62.1 cm³/mol. The number of carbonyl (C=O) groups excluding carboxylic acids is 1. The number of piperidine rings is 1. The summed E-state index contributed by atoms with van der Waals surface area (Å²) in [5.74, 6) is 0. The number of halogens is 3. The largest absolute Gasteiger partial charge is 0.389 e. The van der Waals surface area contributed by atoms with Crippen molar-refractivity contribution in [1.29, 1.82) is 0 Å². The van der Waals surface area contributed by atoms with Crippen LogP contribution in [0.2, 0.25) is 0 Å². The van der Waals surface area contributed by atoms with E-state index in [1.165, 1.54) is 0 Å². The van der Waals surface area contributed by atoms with Gasteiger partial charge in [0, 0.05) is 25.6 Å². The fourth-order valence-corrected chi connectivity index (χ4v) is 2.06. The van der Waals surface area contributed by atoms with Gasteiger partial charge in [-0.05, 0) is 32.2 Å². The van der Waals surface area contributed by atoms with E-state index >= 15 is 0 Å². The minimum atomic E-state index is -4.05. The molecule has 4 nitrogen and oxygen atoms in total. The summed E-state index contributed by atoms with van der Waals surface area (Å²) < 4.78 is 35.7. The molecule has 0 aromatic rings. The molecule has 1 heterocycles. The number of alkyl halides is 3. The van der Waals surface area contributed by atoms with E-state index in [-0.39, 0.29) is 12.5 Å². The van der Waals surface area contributed by atoms with Crippen LogP contribution < -0.4 is 11.1 Å². The molecule has 0 aliphatic carbocycles. The van der Waals surface area contributed by atoms with Gasteiger partial charge in [-0.15, -0.1) is 0 Å². The molecule has 0 unspecified atom stereocenters. The highest BCUT2D eigenvalue weighted by Gasteiger charge is 2.26. The first kappa shape index (κ1) is 15.1. The van der Waals surface area contributed by atoms with Gasteiger partial charge in [0.2, 0.25) is 0 Å². The van der Waals surface area contributed by atoms with Gasteiger partial charge in [0.05, 0.1) is 0 Å². The number of nitrogens with one attached hydrogen (secondary N) is 1. The van der Waals surface area contributed by atoms with Gasteiger partial charge < -0.3 is 16.0 Å². The number of likely N-dealkylation sites (tertiary alicyclic amines) is 1. The predicted octanol–water partition coefficient (Wildman–Crippen LogP) is 1.85. The summed E-state index contributed by atoms with van der Waals surface area (Å²) in [5, 5.41) is 3.22. The van der Waals surface area contributed by atoms with Gasteiger partial charge in [-0.25, -0.2) is 4.79 Å². The number of hydrogen-bond acceptors (Lipinski definition) is 2. The second-order valence-corrected chi connectivity index (χ2v) is 4.63. The highest BCUT2D eigenvalue weighted by molar-refractivity contribution is 5.72. The smallest absolute Gasteiger partial charge is 0.351 e. The standard InChI is InChI=1S/C11H20F3N3O/c12-11(13,14)5-1-2-6-16-9-3-7-17(8-4-9)10(15)18/h9,16H,1-8H2,(H2,15,18). The van der Waals surface area contributed by atoms with Crippen LogP contribution >= 0.6 is 0 Å². The Morgan fingerprint density at radius 2 is 1.89 bits per heavy atom.